The number of urea groups is 1. The second-order valence-corrected chi connectivity index (χ2v) is 8.69. The lowest BCUT2D eigenvalue weighted by molar-refractivity contribution is -0.135. The summed E-state index contributed by atoms with van der Waals surface area (Å²) < 4.78 is 0. The zero-order chi connectivity index (χ0) is 21.5. The summed E-state index contributed by atoms with van der Waals surface area (Å²) in [6.45, 7) is 3.31. The van der Waals surface area contributed by atoms with E-state index in [9.17, 15) is 14.4 Å². The summed E-state index contributed by atoms with van der Waals surface area (Å²) in [5, 5.41) is 6.20. The highest BCUT2D eigenvalue weighted by Crippen LogP contribution is 2.41. The fraction of sp³-hybridized carbons (Fsp3) is 0.348. The number of rotatable bonds is 6. The van der Waals surface area contributed by atoms with Crippen LogP contribution in [0.25, 0.3) is 0 Å². The van der Waals surface area contributed by atoms with Crippen molar-refractivity contribution in [2.24, 2.45) is 5.92 Å². The molecule has 1 aliphatic heterocycles. The number of nitrogens with zero attached hydrogens (tertiary/aromatic N) is 1. The number of carbonyl (C=O) groups excluding carboxylic acids is 3. The number of halogens is 1. The Balaban J connectivity index is 1.48. The first-order valence-electron chi connectivity index (χ1n) is 10.0. The molecule has 4 rings (SSSR count). The minimum absolute atomic E-state index is 0.113. The van der Waals surface area contributed by atoms with E-state index in [4.69, 9.17) is 11.6 Å². The number of hydrogen-bond acceptors (Lipinski definition) is 3. The van der Waals surface area contributed by atoms with E-state index in [0.717, 1.165) is 28.9 Å². The van der Waals surface area contributed by atoms with Crippen LogP contribution in [0.4, 0.5) is 4.79 Å². The van der Waals surface area contributed by atoms with Crippen LogP contribution in [0.3, 0.4) is 0 Å². The predicted molar refractivity (Wildman–Crippen MR) is 114 cm³/mol. The molecular weight excluding hydrogens is 402 g/mol. The molecule has 156 valence electrons. The zero-order valence-corrected chi connectivity index (χ0v) is 17.7. The largest absolute Gasteiger partial charge is 0.347 e. The molecule has 2 aromatic carbocycles. The summed E-state index contributed by atoms with van der Waals surface area (Å²) >= 11 is 6.05. The Morgan fingerprint density at radius 1 is 1.23 bits per heavy atom. The third-order valence-corrected chi connectivity index (χ3v) is 6.06. The molecule has 30 heavy (non-hydrogen) atoms. The van der Waals surface area contributed by atoms with Crippen LogP contribution in [-0.4, -0.2) is 29.3 Å². The van der Waals surface area contributed by atoms with E-state index in [1.807, 2.05) is 31.2 Å². The lowest BCUT2D eigenvalue weighted by atomic mass is 9.92. The maximum Gasteiger partial charge on any atom is 0.325 e. The van der Waals surface area contributed by atoms with Gasteiger partial charge in [0.15, 0.2) is 0 Å². The van der Waals surface area contributed by atoms with Gasteiger partial charge in [0.1, 0.15) is 12.1 Å². The minimum Gasteiger partial charge on any atom is -0.347 e. The van der Waals surface area contributed by atoms with Crippen LogP contribution in [0.5, 0.6) is 0 Å². The van der Waals surface area contributed by atoms with Crippen molar-refractivity contribution >= 4 is 29.4 Å². The monoisotopic (exact) mass is 425 g/mol. The van der Waals surface area contributed by atoms with Crippen LogP contribution in [0.15, 0.2) is 48.5 Å². The summed E-state index contributed by atoms with van der Waals surface area (Å²) in [6, 6.07) is 14.2. The van der Waals surface area contributed by atoms with Crippen LogP contribution in [0.1, 0.15) is 42.5 Å². The second-order valence-electron chi connectivity index (χ2n) is 8.25. The number of aryl methyl sites for hydroxylation is 1. The summed E-state index contributed by atoms with van der Waals surface area (Å²) in [7, 11) is 0. The van der Waals surface area contributed by atoms with Gasteiger partial charge in [-0.25, -0.2) is 4.79 Å². The zero-order valence-electron chi connectivity index (χ0n) is 16.9. The molecule has 2 unspecified atom stereocenters. The average Bonchev–Trinajstić information content (AvgIpc) is 3.52. The van der Waals surface area contributed by atoms with Crippen molar-refractivity contribution < 1.29 is 14.4 Å². The molecule has 2 atom stereocenters. The first-order chi connectivity index (χ1) is 14.3. The second kappa shape index (κ2) is 7.76. The van der Waals surface area contributed by atoms with Crippen molar-refractivity contribution in [3.05, 3.63) is 70.2 Å². The van der Waals surface area contributed by atoms with Gasteiger partial charge in [-0.15, -0.1) is 0 Å². The molecule has 4 amide bonds. The molecular formula is C23H24ClN3O3. The number of hydrogen-bond donors (Lipinski definition) is 2. The van der Waals surface area contributed by atoms with Gasteiger partial charge >= 0.3 is 6.03 Å². The summed E-state index contributed by atoms with van der Waals surface area (Å²) in [5.74, 6) is -0.439. The standard InChI is InChI=1S/C23H24ClN3O3/c1-14-6-8-15(9-7-14)20(16-10-11-16)25-19(28)13-27-21(29)23(2,26-22(27)30)17-4-3-5-18(24)12-17/h3-9,12,16,20H,10-11,13H2,1-2H3,(H,25,28)(H,26,30). The Morgan fingerprint density at radius 2 is 1.93 bits per heavy atom. The lowest BCUT2D eigenvalue weighted by Gasteiger charge is -2.23. The maximum atomic E-state index is 13.0. The van der Waals surface area contributed by atoms with Crippen molar-refractivity contribution in [2.45, 2.75) is 38.3 Å². The Bertz CT molecular complexity index is 1000. The SMILES string of the molecule is Cc1ccc(C(NC(=O)CN2C(=O)NC(C)(c3cccc(Cl)c3)C2=O)C2CC2)cc1. The van der Waals surface area contributed by atoms with Gasteiger partial charge in [-0.2, -0.15) is 0 Å². The maximum absolute atomic E-state index is 13.0. The van der Waals surface area contributed by atoms with Gasteiger partial charge < -0.3 is 10.6 Å². The van der Waals surface area contributed by atoms with Gasteiger partial charge in [0.25, 0.3) is 5.91 Å². The van der Waals surface area contributed by atoms with E-state index in [2.05, 4.69) is 10.6 Å². The van der Waals surface area contributed by atoms with Gasteiger partial charge in [-0.05, 0) is 55.9 Å². The first kappa shape index (κ1) is 20.4. The average molecular weight is 426 g/mol. The summed E-state index contributed by atoms with van der Waals surface area (Å²) in [5.41, 5.74) is 1.51. The smallest absolute Gasteiger partial charge is 0.325 e. The van der Waals surface area contributed by atoms with Crippen LogP contribution < -0.4 is 10.6 Å². The van der Waals surface area contributed by atoms with E-state index < -0.39 is 17.5 Å². The molecule has 1 aliphatic carbocycles. The summed E-state index contributed by atoms with van der Waals surface area (Å²) in [4.78, 5) is 39.3. The van der Waals surface area contributed by atoms with E-state index in [1.165, 1.54) is 0 Å². The molecule has 1 saturated heterocycles. The first-order valence-corrected chi connectivity index (χ1v) is 10.4. The third kappa shape index (κ3) is 3.92. The molecule has 2 aromatic rings. The summed E-state index contributed by atoms with van der Waals surface area (Å²) in [6.07, 6.45) is 2.10. The Hall–Kier alpha value is -2.86. The lowest BCUT2D eigenvalue weighted by Crippen LogP contribution is -2.44. The van der Waals surface area contributed by atoms with E-state index in [-0.39, 0.29) is 18.5 Å². The number of nitrogens with one attached hydrogen (secondary N) is 2. The van der Waals surface area contributed by atoms with E-state index in [0.29, 0.717) is 16.5 Å². The highest BCUT2D eigenvalue weighted by molar-refractivity contribution is 6.30. The van der Waals surface area contributed by atoms with Gasteiger partial charge in [-0.1, -0.05) is 53.6 Å². The topological polar surface area (TPSA) is 78.5 Å². The van der Waals surface area contributed by atoms with Crippen molar-refractivity contribution in [1.82, 2.24) is 15.5 Å². The Kier molecular flexibility index (Phi) is 5.28. The molecule has 2 N–H and O–H groups in total. The van der Waals surface area contributed by atoms with Crippen LogP contribution in [-0.2, 0) is 15.1 Å². The fourth-order valence-corrected chi connectivity index (χ4v) is 4.07. The molecule has 1 saturated carbocycles. The molecule has 0 bridgehead atoms. The van der Waals surface area contributed by atoms with E-state index in [1.54, 1.807) is 31.2 Å². The van der Waals surface area contributed by atoms with Crippen molar-refractivity contribution in [2.75, 3.05) is 6.54 Å². The number of carbonyl (C=O) groups is 3. The number of benzene rings is 2. The quantitative estimate of drug-likeness (QED) is 0.693. The Morgan fingerprint density at radius 3 is 2.57 bits per heavy atom. The van der Waals surface area contributed by atoms with Gasteiger partial charge in [0.05, 0.1) is 6.04 Å². The molecule has 1 heterocycles. The van der Waals surface area contributed by atoms with Crippen molar-refractivity contribution in [3.8, 4) is 0 Å². The van der Waals surface area contributed by atoms with Gasteiger partial charge in [0.2, 0.25) is 5.91 Å². The normalized spacial score (nSPS) is 22.0. The van der Waals surface area contributed by atoms with Crippen LogP contribution in [0.2, 0.25) is 5.02 Å². The minimum atomic E-state index is -1.25. The van der Waals surface area contributed by atoms with Gasteiger partial charge in [-0.3, -0.25) is 14.5 Å². The fourth-order valence-electron chi connectivity index (χ4n) is 3.88. The van der Waals surface area contributed by atoms with Gasteiger partial charge in [0, 0.05) is 5.02 Å². The highest BCUT2D eigenvalue weighted by Gasteiger charge is 2.49. The molecule has 6 nitrogen and oxygen atoms in total. The highest BCUT2D eigenvalue weighted by atomic mass is 35.5. The molecule has 0 aromatic heterocycles. The van der Waals surface area contributed by atoms with Crippen molar-refractivity contribution in [1.29, 1.82) is 0 Å². The molecule has 2 aliphatic rings. The predicted octanol–water partition coefficient (Wildman–Crippen LogP) is 3.68. The number of imide groups is 1. The number of amides is 4. The Labute approximate surface area is 180 Å². The van der Waals surface area contributed by atoms with Crippen molar-refractivity contribution in [3.63, 3.8) is 0 Å². The van der Waals surface area contributed by atoms with E-state index >= 15 is 0 Å². The molecule has 2 fully saturated rings. The molecule has 0 spiro atoms. The molecule has 7 heteroatoms. The van der Waals surface area contributed by atoms with Crippen LogP contribution in [0, 0.1) is 12.8 Å². The third-order valence-electron chi connectivity index (χ3n) is 5.83. The van der Waals surface area contributed by atoms with Crippen LogP contribution >= 0.6 is 11.6 Å². The molecule has 0 radical (unpaired) electrons.